The number of hydrogen-bond acceptors (Lipinski definition) is 4. The molecule has 3 rings (SSSR count). The first-order chi connectivity index (χ1) is 9.58. The monoisotopic (exact) mass is 289 g/mol. The number of fused-ring (bicyclic) bond motifs is 1. The van der Waals surface area contributed by atoms with Crippen molar-refractivity contribution >= 4 is 22.5 Å². The van der Waals surface area contributed by atoms with Crippen LogP contribution in [-0.2, 0) is 0 Å². The summed E-state index contributed by atoms with van der Waals surface area (Å²) in [5.74, 6) is -0.194. The zero-order chi connectivity index (χ0) is 14.3. The Bertz CT molecular complexity index is 913. The van der Waals surface area contributed by atoms with Gasteiger partial charge in [0, 0.05) is 10.4 Å². The fraction of sp³-hybridized carbons (Fsp3) is 0. The number of benzene rings is 1. The summed E-state index contributed by atoms with van der Waals surface area (Å²) in [5, 5.41) is 11.0. The number of aromatic hydroxyl groups is 1. The standard InChI is InChI=1S/C14H8ClNO4/c15-7-3-4-8-9(6-7)16-14(19)13(18)11(12(8)17)10-2-1-5-20-10/h1-6,17H,(H,16,18,19). The number of furan rings is 1. The molecule has 0 saturated heterocycles. The molecule has 2 N–H and O–H groups in total. The molecule has 0 fully saturated rings. The molecular weight excluding hydrogens is 282 g/mol. The molecule has 20 heavy (non-hydrogen) atoms. The zero-order valence-electron chi connectivity index (χ0n) is 10.0. The van der Waals surface area contributed by atoms with E-state index in [2.05, 4.69) is 4.98 Å². The van der Waals surface area contributed by atoms with Gasteiger partial charge < -0.3 is 14.5 Å². The minimum absolute atomic E-state index is 0.130. The van der Waals surface area contributed by atoms with E-state index in [-0.39, 0.29) is 22.6 Å². The van der Waals surface area contributed by atoms with Crippen LogP contribution in [0.2, 0.25) is 5.02 Å². The number of rotatable bonds is 1. The first-order valence-corrected chi connectivity index (χ1v) is 6.08. The van der Waals surface area contributed by atoms with Crippen molar-refractivity contribution in [2.45, 2.75) is 0 Å². The van der Waals surface area contributed by atoms with Crippen molar-refractivity contribution < 1.29 is 9.52 Å². The van der Waals surface area contributed by atoms with Gasteiger partial charge in [0.15, 0.2) is 0 Å². The molecule has 2 aromatic heterocycles. The third kappa shape index (κ3) is 1.88. The molecule has 6 heteroatoms. The van der Waals surface area contributed by atoms with Crippen molar-refractivity contribution in [2.24, 2.45) is 0 Å². The molecule has 0 saturated carbocycles. The van der Waals surface area contributed by atoms with Gasteiger partial charge in [-0.3, -0.25) is 9.59 Å². The van der Waals surface area contributed by atoms with Crippen LogP contribution < -0.4 is 11.0 Å². The fourth-order valence-corrected chi connectivity index (χ4v) is 2.18. The van der Waals surface area contributed by atoms with Gasteiger partial charge in [-0.05, 0) is 30.3 Å². The summed E-state index contributed by atoms with van der Waals surface area (Å²) in [4.78, 5) is 26.4. The highest BCUT2D eigenvalue weighted by Gasteiger charge is 2.16. The van der Waals surface area contributed by atoms with Crippen LogP contribution in [0, 0.1) is 0 Å². The molecule has 100 valence electrons. The number of aromatic amines is 1. The summed E-state index contributed by atoms with van der Waals surface area (Å²) in [7, 11) is 0. The minimum Gasteiger partial charge on any atom is -0.506 e. The van der Waals surface area contributed by atoms with Gasteiger partial charge in [0.1, 0.15) is 17.1 Å². The molecule has 0 unspecified atom stereocenters. The third-order valence-corrected chi connectivity index (χ3v) is 3.16. The van der Waals surface area contributed by atoms with Gasteiger partial charge in [-0.15, -0.1) is 0 Å². The van der Waals surface area contributed by atoms with Crippen LogP contribution in [0.5, 0.6) is 5.75 Å². The van der Waals surface area contributed by atoms with Crippen molar-refractivity contribution in [1.82, 2.24) is 4.98 Å². The minimum atomic E-state index is -0.871. The lowest BCUT2D eigenvalue weighted by molar-refractivity contribution is 0.479. The normalized spacial score (nSPS) is 10.8. The van der Waals surface area contributed by atoms with Crippen LogP contribution in [0.1, 0.15) is 0 Å². The summed E-state index contributed by atoms with van der Waals surface area (Å²) in [6.07, 6.45) is 1.36. The predicted molar refractivity (Wildman–Crippen MR) is 75.2 cm³/mol. The van der Waals surface area contributed by atoms with Crippen molar-refractivity contribution in [2.75, 3.05) is 0 Å². The van der Waals surface area contributed by atoms with Crippen LogP contribution >= 0.6 is 11.6 Å². The molecule has 0 aliphatic rings. The third-order valence-electron chi connectivity index (χ3n) is 2.92. The Morgan fingerprint density at radius 2 is 2.00 bits per heavy atom. The maximum absolute atomic E-state index is 12.1. The van der Waals surface area contributed by atoms with E-state index in [9.17, 15) is 14.7 Å². The van der Waals surface area contributed by atoms with Crippen LogP contribution in [0.4, 0.5) is 0 Å². The Labute approximate surface area is 117 Å². The lowest BCUT2D eigenvalue weighted by Gasteiger charge is -1.99. The van der Waals surface area contributed by atoms with E-state index in [1.807, 2.05) is 0 Å². The fourth-order valence-electron chi connectivity index (χ4n) is 2.01. The van der Waals surface area contributed by atoms with Crippen LogP contribution in [0.15, 0.2) is 50.6 Å². The average molecular weight is 290 g/mol. The van der Waals surface area contributed by atoms with Gasteiger partial charge in [0.05, 0.1) is 11.8 Å². The summed E-state index contributed by atoms with van der Waals surface area (Å²) in [6, 6.07) is 7.60. The molecule has 0 aliphatic carbocycles. The van der Waals surface area contributed by atoms with Gasteiger partial charge in [0.25, 0.3) is 11.0 Å². The number of hydrogen-bond donors (Lipinski definition) is 2. The predicted octanol–water partition coefficient (Wildman–Crippen LogP) is 2.51. The zero-order valence-corrected chi connectivity index (χ0v) is 10.8. The van der Waals surface area contributed by atoms with E-state index >= 15 is 0 Å². The summed E-state index contributed by atoms with van der Waals surface area (Å²) in [6.45, 7) is 0. The van der Waals surface area contributed by atoms with Crippen LogP contribution in [-0.4, -0.2) is 10.1 Å². The highest BCUT2D eigenvalue weighted by atomic mass is 35.5. The quantitative estimate of drug-likeness (QED) is 0.674. The Kier molecular flexibility index (Phi) is 2.84. The van der Waals surface area contributed by atoms with E-state index < -0.39 is 11.0 Å². The van der Waals surface area contributed by atoms with E-state index in [1.54, 1.807) is 12.1 Å². The van der Waals surface area contributed by atoms with Crippen LogP contribution in [0.3, 0.4) is 0 Å². The number of aromatic nitrogens is 1. The number of halogens is 1. The summed E-state index contributed by atoms with van der Waals surface area (Å²) >= 11 is 5.85. The molecule has 1 aromatic carbocycles. The topological polar surface area (TPSA) is 83.3 Å². The molecular formula is C14H8ClNO4. The number of H-pyrrole nitrogens is 1. The van der Waals surface area contributed by atoms with Gasteiger partial charge in [-0.1, -0.05) is 11.6 Å². The lowest BCUT2D eigenvalue weighted by atomic mass is 10.1. The maximum atomic E-state index is 12.1. The molecule has 0 atom stereocenters. The first kappa shape index (κ1) is 12.5. The molecule has 5 nitrogen and oxygen atoms in total. The van der Waals surface area contributed by atoms with Gasteiger partial charge >= 0.3 is 0 Å². The lowest BCUT2D eigenvalue weighted by Crippen LogP contribution is -2.24. The Morgan fingerprint density at radius 3 is 2.70 bits per heavy atom. The molecule has 0 radical (unpaired) electrons. The highest BCUT2D eigenvalue weighted by molar-refractivity contribution is 6.31. The molecule has 0 spiro atoms. The molecule has 0 amide bonds. The highest BCUT2D eigenvalue weighted by Crippen LogP contribution is 2.31. The second-order valence-electron chi connectivity index (χ2n) is 4.17. The smallest absolute Gasteiger partial charge is 0.297 e. The Balaban J connectivity index is 2.58. The summed E-state index contributed by atoms with van der Waals surface area (Å²) < 4.78 is 5.11. The van der Waals surface area contributed by atoms with Gasteiger partial charge in [-0.2, -0.15) is 0 Å². The molecule has 3 aromatic rings. The second kappa shape index (κ2) is 4.54. The summed E-state index contributed by atoms with van der Waals surface area (Å²) in [5.41, 5.74) is -1.63. The van der Waals surface area contributed by atoms with Crippen molar-refractivity contribution in [3.05, 3.63) is 62.2 Å². The largest absolute Gasteiger partial charge is 0.506 e. The van der Waals surface area contributed by atoms with E-state index in [0.717, 1.165) is 0 Å². The molecule has 0 bridgehead atoms. The molecule has 2 heterocycles. The van der Waals surface area contributed by atoms with Crippen molar-refractivity contribution in [1.29, 1.82) is 0 Å². The Hall–Kier alpha value is -2.53. The SMILES string of the molecule is O=c1[nH]c2cc(Cl)ccc2c(O)c(-c2ccco2)c1=O. The van der Waals surface area contributed by atoms with E-state index in [0.29, 0.717) is 10.4 Å². The van der Waals surface area contributed by atoms with E-state index in [4.69, 9.17) is 16.0 Å². The van der Waals surface area contributed by atoms with Gasteiger partial charge in [0.2, 0.25) is 0 Å². The van der Waals surface area contributed by atoms with Gasteiger partial charge in [-0.25, -0.2) is 0 Å². The van der Waals surface area contributed by atoms with Crippen LogP contribution in [0.25, 0.3) is 22.2 Å². The number of nitrogens with one attached hydrogen (secondary N) is 1. The average Bonchev–Trinajstić information content (AvgIpc) is 2.89. The van der Waals surface area contributed by atoms with Crippen molar-refractivity contribution in [3.8, 4) is 17.1 Å². The second-order valence-corrected chi connectivity index (χ2v) is 4.61. The Morgan fingerprint density at radius 1 is 1.20 bits per heavy atom. The molecule has 0 aliphatic heterocycles. The maximum Gasteiger partial charge on any atom is 0.297 e. The van der Waals surface area contributed by atoms with E-state index in [1.165, 1.54) is 24.5 Å². The first-order valence-electron chi connectivity index (χ1n) is 5.70. The van der Waals surface area contributed by atoms with Crippen molar-refractivity contribution in [3.63, 3.8) is 0 Å².